The highest BCUT2D eigenvalue weighted by Crippen LogP contribution is 2.43. The number of hydrogen-bond donors (Lipinski definition) is 1. The minimum Gasteiger partial charge on any atom is -0.490 e. The number of para-hydroxylation sites is 1. The number of anilines is 1. The van der Waals surface area contributed by atoms with E-state index in [2.05, 4.69) is 20.5 Å². The Labute approximate surface area is 219 Å². The third kappa shape index (κ3) is 5.20. The highest BCUT2D eigenvalue weighted by molar-refractivity contribution is 7.99. The number of ether oxygens (including phenoxy) is 3. The fourth-order valence-corrected chi connectivity index (χ4v) is 4.64. The first kappa shape index (κ1) is 24.2. The van der Waals surface area contributed by atoms with E-state index < -0.39 is 6.23 Å². The summed E-state index contributed by atoms with van der Waals surface area (Å²) in [5.41, 5.74) is 4.10. The van der Waals surface area contributed by atoms with Gasteiger partial charge in [0.1, 0.15) is 6.61 Å². The SMILES string of the molecule is CCOc1cc([C@@H]2Nc3ccccc3-c3nnc(SCC)nc3O2)cc(Cl)c1OCc1ccccc1. The summed E-state index contributed by atoms with van der Waals surface area (Å²) in [5.74, 6) is 2.27. The Bertz CT molecular complexity index is 1360. The van der Waals surface area contributed by atoms with E-state index in [9.17, 15) is 0 Å². The highest BCUT2D eigenvalue weighted by Gasteiger charge is 2.27. The van der Waals surface area contributed by atoms with Crippen LogP contribution >= 0.6 is 23.4 Å². The Kier molecular flexibility index (Phi) is 7.44. The van der Waals surface area contributed by atoms with Crippen LogP contribution in [0.2, 0.25) is 5.02 Å². The average Bonchev–Trinajstić information content (AvgIpc) is 3.06. The van der Waals surface area contributed by atoms with E-state index in [0.717, 1.165) is 28.1 Å². The maximum absolute atomic E-state index is 6.73. The van der Waals surface area contributed by atoms with Gasteiger partial charge in [-0.15, -0.1) is 10.2 Å². The van der Waals surface area contributed by atoms with Crippen LogP contribution in [0.3, 0.4) is 0 Å². The Morgan fingerprint density at radius 3 is 2.61 bits per heavy atom. The van der Waals surface area contributed by atoms with Crippen LogP contribution in [0.25, 0.3) is 11.3 Å². The van der Waals surface area contributed by atoms with Crippen molar-refractivity contribution in [3.8, 4) is 28.6 Å². The van der Waals surface area contributed by atoms with E-state index in [1.807, 2.05) is 80.6 Å². The van der Waals surface area contributed by atoms with Crippen molar-refractivity contribution < 1.29 is 14.2 Å². The second-order valence-corrected chi connectivity index (χ2v) is 9.54. The maximum Gasteiger partial charge on any atom is 0.247 e. The standard InChI is InChI=1S/C27H25ClN4O3S/c1-3-33-22-15-18(14-20(28)24(22)34-16-17-10-6-5-7-11-17)25-29-21-13-9-8-12-19(21)23-26(35-25)30-27(32-31-23)36-4-2/h5-15,25,29H,3-4,16H2,1-2H3/t25-/m1/s1. The number of halogens is 1. The molecule has 3 aromatic carbocycles. The Morgan fingerprint density at radius 1 is 1.00 bits per heavy atom. The van der Waals surface area contributed by atoms with Gasteiger partial charge in [-0.2, -0.15) is 4.98 Å². The molecule has 4 aromatic rings. The highest BCUT2D eigenvalue weighted by atomic mass is 35.5. The second kappa shape index (κ2) is 11.1. The van der Waals surface area contributed by atoms with Gasteiger partial charge in [0, 0.05) is 16.8 Å². The Balaban J connectivity index is 1.51. The topological polar surface area (TPSA) is 78.4 Å². The molecular formula is C27H25ClN4O3S. The zero-order chi connectivity index (χ0) is 24.9. The summed E-state index contributed by atoms with van der Waals surface area (Å²) < 4.78 is 18.4. The smallest absolute Gasteiger partial charge is 0.247 e. The van der Waals surface area contributed by atoms with Crippen LogP contribution in [0.5, 0.6) is 17.4 Å². The molecule has 1 aromatic heterocycles. The number of nitrogens with one attached hydrogen (secondary N) is 1. The van der Waals surface area contributed by atoms with Gasteiger partial charge in [-0.25, -0.2) is 0 Å². The molecule has 36 heavy (non-hydrogen) atoms. The van der Waals surface area contributed by atoms with Crippen LogP contribution in [-0.2, 0) is 6.61 Å². The molecule has 0 saturated heterocycles. The average molecular weight is 521 g/mol. The summed E-state index contributed by atoms with van der Waals surface area (Å²) in [6, 6.07) is 21.5. The predicted molar refractivity (Wildman–Crippen MR) is 142 cm³/mol. The lowest BCUT2D eigenvalue weighted by Crippen LogP contribution is -2.17. The first-order chi connectivity index (χ1) is 17.7. The maximum atomic E-state index is 6.73. The van der Waals surface area contributed by atoms with Gasteiger partial charge in [0.15, 0.2) is 23.4 Å². The zero-order valence-electron chi connectivity index (χ0n) is 19.9. The number of nitrogens with zero attached hydrogens (tertiary/aromatic N) is 3. The molecule has 1 aliphatic rings. The molecule has 0 spiro atoms. The summed E-state index contributed by atoms with van der Waals surface area (Å²) in [6.07, 6.45) is -0.594. The lowest BCUT2D eigenvalue weighted by Gasteiger charge is -2.22. The van der Waals surface area contributed by atoms with Crippen LogP contribution in [0.15, 0.2) is 71.9 Å². The van der Waals surface area contributed by atoms with Crippen LogP contribution < -0.4 is 19.5 Å². The van der Waals surface area contributed by atoms with E-state index in [1.54, 1.807) is 0 Å². The van der Waals surface area contributed by atoms with E-state index in [0.29, 0.717) is 46.5 Å². The molecule has 0 unspecified atom stereocenters. The van der Waals surface area contributed by atoms with E-state index in [4.69, 9.17) is 25.8 Å². The largest absolute Gasteiger partial charge is 0.490 e. The van der Waals surface area contributed by atoms with Crippen molar-refractivity contribution >= 4 is 29.1 Å². The van der Waals surface area contributed by atoms with Crippen molar-refractivity contribution in [1.82, 2.24) is 15.2 Å². The van der Waals surface area contributed by atoms with Crippen molar-refractivity contribution in [3.63, 3.8) is 0 Å². The number of hydrogen-bond acceptors (Lipinski definition) is 8. The molecule has 184 valence electrons. The molecule has 0 radical (unpaired) electrons. The zero-order valence-corrected chi connectivity index (χ0v) is 21.5. The molecule has 0 fully saturated rings. The van der Waals surface area contributed by atoms with Crippen LogP contribution in [0, 0.1) is 0 Å². The minimum atomic E-state index is -0.594. The number of aromatic nitrogens is 3. The molecular weight excluding hydrogens is 496 g/mol. The Hall–Kier alpha value is -3.49. The van der Waals surface area contributed by atoms with Crippen LogP contribution in [0.1, 0.15) is 31.2 Å². The van der Waals surface area contributed by atoms with E-state index >= 15 is 0 Å². The van der Waals surface area contributed by atoms with Crippen LogP contribution in [-0.4, -0.2) is 27.5 Å². The fourth-order valence-electron chi connectivity index (χ4n) is 3.86. The molecule has 2 heterocycles. The van der Waals surface area contributed by atoms with Crippen LogP contribution in [0.4, 0.5) is 5.69 Å². The molecule has 1 aliphatic heterocycles. The number of benzene rings is 3. The van der Waals surface area contributed by atoms with Crippen molar-refractivity contribution in [1.29, 1.82) is 0 Å². The van der Waals surface area contributed by atoms with Crippen molar-refractivity contribution in [2.24, 2.45) is 0 Å². The normalized spacial score (nSPS) is 14.0. The van der Waals surface area contributed by atoms with Gasteiger partial charge in [0.05, 0.1) is 11.6 Å². The van der Waals surface area contributed by atoms with Gasteiger partial charge in [-0.1, -0.05) is 78.8 Å². The monoisotopic (exact) mass is 520 g/mol. The quantitative estimate of drug-likeness (QED) is 0.254. The summed E-state index contributed by atoms with van der Waals surface area (Å²) >= 11 is 8.24. The van der Waals surface area contributed by atoms with Gasteiger partial charge in [-0.05, 0) is 36.4 Å². The van der Waals surface area contributed by atoms with Gasteiger partial charge in [-0.3, -0.25) is 0 Å². The molecule has 0 bridgehead atoms. The summed E-state index contributed by atoms with van der Waals surface area (Å²) in [4.78, 5) is 4.64. The molecule has 1 N–H and O–H groups in total. The predicted octanol–water partition coefficient (Wildman–Crippen LogP) is 6.78. The van der Waals surface area contributed by atoms with Crippen molar-refractivity contribution in [3.05, 3.63) is 82.9 Å². The first-order valence-electron chi connectivity index (χ1n) is 11.7. The van der Waals surface area contributed by atoms with E-state index in [1.165, 1.54) is 11.8 Å². The number of fused-ring (bicyclic) bond motifs is 3. The molecule has 7 nitrogen and oxygen atoms in total. The minimum absolute atomic E-state index is 0.374. The summed E-state index contributed by atoms with van der Waals surface area (Å²) in [7, 11) is 0. The molecule has 9 heteroatoms. The second-order valence-electron chi connectivity index (χ2n) is 7.91. The lowest BCUT2D eigenvalue weighted by molar-refractivity contribution is 0.223. The van der Waals surface area contributed by atoms with Crippen molar-refractivity contribution in [2.45, 2.75) is 31.8 Å². The molecule has 0 aliphatic carbocycles. The summed E-state index contributed by atoms with van der Waals surface area (Å²) in [6.45, 7) is 4.79. The van der Waals surface area contributed by atoms with Gasteiger partial charge >= 0.3 is 0 Å². The van der Waals surface area contributed by atoms with Gasteiger partial charge in [0.25, 0.3) is 0 Å². The van der Waals surface area contributed by atoms with E-state index in [-0.39, 0.29) is 0 Å². The number of thioether (sulfide) groups is 1. The summed E-state index contributed by atoms with van der Waals surface area (Å²) in [5, 5.41) is 13.1. The number of rotatable bonds is 8. The molecule has 1 atom stereocenters. The van der Waals surface area contributed by atoms with Gasteiger partial charge < -0.3 is 19.5 Å². The molecule has 0 saturated carbocycles. The third-order valence-corrected chi connectivity index (χ3v) is 6.47. The molecule has 5 rings (SSSR count). The fraction of sp³-hybridized carbons (Fsp3) is 0.222. The first-order valence-corrected chi connectivity index (χ1v) is 13.1. The lowest BCUT2D eigenvalue weighted by atomic mass is 10.1. The van der Waals surface area contributed by atoms with Crippen molar-refractivity contribution in [2.75, 3.05) is 17.7 Å². The Morgan fingerprint density at radius 2 is 1.81 bits per heavy atom. The molecule has 0 amide bonds. The third-order valence-electron chi connectivity index (χ3n) is 5.47. The van der Waals surface area contributed by atoms with Gasteiger partial charge in [0.2, 0.25) is 11.0 Å².